The molecule has 0 radical (unpaired) electrons. The lowest BCUT2D eigenvalue weighted by Crippen LogP contribution is -2.42. The summed E-state index contributed by atoms with van der Waals surface area (Å²) in [5.41, 5.74) is 0. The Bertz CT molecular complexity index is 248. The Morgan fingerprint density at radius 2 is 2.27 bits per heavy atom. The van der Waals surface area contributed by atoms with Gasteiger partial charge in [-0.1, -0.05) is 0 Å². The van der Waals surface area contributed by atoms with Crippen molar-refractivity contribution >= 4 is 23.5 Å². The largest absolute Gasteiger partial charge is 0.378 e. The van der Waals surface area contributed by atoms with Gasteiger partial charge in [-0.25, -0.2) is 4.79 Å². The van der Waals surface area contributed by atoms with E-state index < -0.39 is 11.9 Å². The third kappa shape index (κ3) is 4.05. The summed E-state index contributed by atoms with van der Waals surface area (Å²) >= 11 is 5.23. The van der Waals surface area contributed by atoms with E-state index in [1.165, 1.54) is 0 Å². The van der Waals surface area contributed by atoms with Crippen molar-refractivity contribution in [2.75, 3.05) is 19.0 Å². The van der Waals surface area contributed by atoms with Gasteiger partial charge in [-0.2, -0.15) is 0 Å². The summed E-state index contributed by atoms with van der Waals surface area (Å²) in [6.07, 6.45) is 1.10. The fraction of sp³-hybridized carbons (Fsp3) is 0.778. The standard InChI is InChI=1S/C9H15ClN2O3/c1-6-7(2-3-15-6)5-11-9(14)12-8(13)4-10/h6-7H,2-5H2,1H3,(H2,11,12,13,14). The van der Waals surface area contributed by atoms with Crippen molar-refractivity contribution in [3.8, 4) is 0 Å². The molecule has 1 fully saturated rings. The van der Waals surface area contributed by atoms with Crippen LogP contribution in [0.4, 0.5) is 4.79 Å². The first-order valence-electron chi connectivity index (χ1n) is 4.88. The minimum atomic E-state index is -0.500. The van der Waals surface area contributed by atoms with Gasteiger partial charge in [0.15, 0.2) is 0 Å². The van der Waals surface area contributed by atoms with Crippen LogP contribution in [0.3, 0.4) is 0 Å². The fourth-order valence-electron chi connectivity index (χ4n) is 1.47. The lowest BCUT2D eigenvalue weighted by atomic mass is 10.0. The van der Waals surface area contributed by atoms with Gasteiger partial charge in [-0.15, -0.1) is 11.6 Å². The average Bonchev–Trinajstić information content (AvgIpc) is 2.61. The molecule has 1 aliphatic rings. The van der Waals surface area contributed by atoms with Gasteiger partial charge < -0.3 is 10.1 Å². The van der Waals surface area contributed by atoms with E-state index in [2.05, 4.69) is 10.6 Å². The molecular weight excluding hydrogens is 220 g/mol. The van der Waals surface area contributed by atoms with E-state index in [0.29, 0.717) is 12.5 Å². The van der Waals surface area contributed by atoms with Crippen molar-refractivity contribution in [1.82, 2.24) is 10.6 Å². The number of alkyl halides is 1. The van der Waals surface area contributed by atoms with Gasteiger partial charge in [0, 0.05) is 19.1 Å². The van der Waals surface area contributed by atoms with Crippen LogP contribution in [-0.2, 0) is 9.53 Å². The lowest BCUT2D eigenvalue weighted by Gasteiger charge is -2.14. The van der Waals surface area contributed by atoms with Crippen LogP contribution in [0, 0.1) is 5.92 Å². The number of hydrogen-bond donors (Lipinski definition) is 2. The van der Waals surface area contributed by atoms with Crippen molar-refractivity contribution in [3.05, 3.63) is 0 Å². The zero-order valence-electron chi connectivity index (χ0n) is 8.59. The maximum Gasteiger partial charge on any atom is 0.321 e. The molecule has 0 aromatic heterocycles. The summed E-state index contributed by atoms with van der Waals surface area (Å²) in [5, 5.41) is 4.72. The molecule has 0 bridgehead atoms. The highest BCUT2D eigenvalue weighted by Crippen LogP contribution is 2.18. The molecule has 1 rings (SSSR count). The van der Waals surface area contributed by atoms with Crippen LogP contribution in [0.2, 0.25) is 0 Å². The first-order chi connectivity index (χ1) is 7.13. The third-order valence-corrected chi connectivity index (χ3v) is 2.68. The summed E-state index contributed by atoms with van der Waals surface area (Å²) in [5.74, 6) is -0.386. The van der Waals surface area contributed by atoms with Gasteiger partial charge in [0.25, 0.3) is 0 Å². The molecule has 15 heavy (non-hydrogen) atoms. The normalized spacial score (nSPS) is 24.9. The SMILES string of the molecule is CC1OCCC1CNC(=O)NC(=O)CCl. The van der Waals surface area contributed by atoms with Crippen LogP contribution in [0.25, 0.3) is 0 Å². The van der Waals surface area contributed by atoms with Crippen molar-refractivity contribution in [2.45, 2.75) is 19.4 Å². The Morgan fingerprint density at radius 3 is 2.80 bits per heavy atom. The minimum Gasteiger partial charge on any atom is -0.378 e. The number of nitrogens with one attached hydrogen (secondary N) is 2. The van der Waals surface area contributed by atoms with Gasteiger partial charge in [0.2, 0.25) is 5.91 Å². The summed E-state index contributed by atoms with van der Waals surface area (Å²) in [6.45, 7) is 3.22. The Kier molecular flexibility index (Phi) is 4.84. The summed E-state index contributed by atoms with van der Waals surface area (Å²) < 4.78 is 5.34. The van der Waals surface area contributed by atoms with Crippen molar-refractivity contribution in [1.29, 1.82) is 0 Å². The molecule has 6 heteroatoms. The van der Waals surface area contributed by atoms with E-state index in [1.54, 1.807) is 0 Å². The monoisotopic (exact) mass is 234 g/mol. The van der Waals surface area contributed by atoms with E-state index in [1.807, 2.05) is 6.92 Å². The Hall–Kier alpha value is -0.810. The molecule has 2 N–H and O–H groups in total. The number of carbonyl (C=O) groups is 2. The quantitative estimate of drug-likeness (QED) is 0.698. The van der Waals surface area contributed by atoms with E-state index in [4.69, 9.17) is 16.3 Å². The predicted octanol–water partition coefficient (Wildman–Crippen LogP) is 0.476. The van der Waals surface area contributed by atoms with Crippen LogP contribution in [-0.4, -0.2) is 37.1 Å². The number of amides is 3. The lowest BCUT2D eigenvalue weighted by molar-refractivity contribution is -0.117. The van der Waals surface area contributed by atoms with Gasteiger partial charge >= 0.3 is 6.03 Å². The average molecular weight is 235 g/mol. The van der Waals surface area contributed by atoms with Crippen LogP contribution in [0.1, 0.15) is 13.3 Å². The molecular formula is C9H15ClN2O3. The second kappa shape index (κ2) is 5.92. The van der Waals surface area contributed by atoms with Crippen LogP contribution < -0.4 is 10.6 Å². The molecule has 3 amide bonds. The fourth-order valence-corrected chi connectivity index (χ4v) is 1.54. The molecule has 0 aromatic carbocycles. The van der Waals surface area contributed by atoms with E-state index in [-0.39, 0.29) is 12.0 Å². The zero-order chi connectivity index (χ0) is 11.3. The molecule has 1 saturated heterocycles. The number of carbonyl (C=O) groups excluding carboxylic acids is 2. The van der Waals surface area contributed by atoms with E-state index in [9.17, 15) is 9.59 Å². The highest BCUT2D eigenvalue weighted by atomic mass is 35.5. The topological polar surface area (TPSA) is 67.4 Å². The molecule has 2 unspecified atom stereocenters. The van der Waals surface area contributed by atoms with Gasteiger partial charge in [-0.3, -0.25) is 10.1 Å². The third-order valence-electron chi connectivity index (χ3n) is 2.43. The van der Waals surface area contributed by atoms with Crippen molar-refractivity contribution in [2.24, 2.45) is 5.92 Å². The van der Waals surface area contributed by atoms with Gasteiger partial charge in [0.05, 0.1) is 6.10 Å². The number of urea groups is 1. The van der Waals surface area contributed by atoms with Gasteiger partial charge in [-0.05, 0) is 13.3 Å². The number of rotatable bonds is 3. The number of halogens is 1. The Labute approximate surface area is 93.5 Å². The van der Waals surface area contributed by atoms with Crippen LogP contribution >= 0.6 is 11.6 Å². The molecule has 0 aromatic rings. The molecule has 5 nitrogen and oxygen atoms in total. The molecule has 0 saturated carbocycles. The molecule has 2 atom stereocenters. The summed E-state index contributed by atoms with van der Waals surface area (Å²) in [7, 11) is 0. The Balaban J connectivity index is 2.19. The minimum absolute atomic E-state index is 0.161. The number of hydrogen-bond acceptors (Lipinski definition) is 3. The predicted molar refractivity (Wildman–Crippen MR) is 55.8 cm³/mol. The second-order valence-electron chi connectivity index (χ2n) is 3.52. The van der Waals surface area contributed by atoms with Gasteiger partial charge in [0.1, 0.15) is 5.88 Å². The Morgan fingerprint density at radius 1 is 1.53 bits per heavy atom. The van der Waals surface area contributed by atoms with Crippen LogP contribution in [0.15, 0.2) is 0 Å². The molecule has 0 aliphatic carbocycles. The molecule has 86 valence electrons. The highest BCUT2D eigenvalue weighted by molar-refractivity contribution is 6.28. The zero-order valence-corrected chi connectivity index (χ0v) is 9.34. The van der Waals surface area contributed by atoms with Crippen LogP contribution in [0.5, 0.6) is 0 Å². The van der Waals surface area contributed by atoms with Crippen molar-refractivity contribution in [3.63, 3.8) is 0 Å². The summed E-state index contributed by atoms with van der Waals surface area (Å²) in [6, 6.07) is -0.500. The maximum atomic E-state index is 11.1. The first-order valence-corrected chi connectivity index (χ1v) is 5.42. The highest BCUT2D eigenvalue weighted by Gasteiger charge is 2.24. The second-order valence-corrected chi connectivity index (χ2v) is 3.78. The maximum absolute atomic E-state index is 11.1. The summed E-state index contributed by atoms with van der Waals surface area (Å²) in [4.78, 5) is 21.9. The molecule has 1 aliphatic heterocycles. The van der Waals surface area contributed by atoms with E-state index in [0.717, 1.165) is 13.0 Å². The van der Waals surface area contributed by atoms with E-state index >= 15 is 0 Å². The number of ether oxygens (including phenoxy) is 1. The molecule has 0 spiro atoms. The number of imide groups is 1. The molecule has 1 heterocycles. The smallest absolute Gasteiger partial charge is 0.321 e. The first kappa shape index (κ1) is 12.3. The van der Waals surface area contributed by atoms with Crippen molar-refractivity contribution < 1.29 is 14.3 Å².